The minimum atomic E-state index is -1.08. The summed E-state index contributed by atoms with van der Waals surface area (Å²) in [5, 5.41) is 22.2. The Kier molecular flexibility index (Phi) is 7.61. The number of fused-ring (bicyclic) bond motifs is 3. The van der Waals surface area contributed by atoms with Crippen molar-refractivity contribution in [1.29, 1.82) is 0 Å². The van der Waals surface area contributed by atoms with Crippen LogP contribution in [0.3, 0.4) is 0 Å². The number of Topliss-reactive ketones (excluding diaryl/α,β-unsaturated/α-hetero) is 1. The molecule has 1 unspecified atom stereocenters. The normalized spacial score (nSPS) is 20.1. The number of aromatic nitrogens is 3. The second kappa shape index (κ2) is 11.4. The first-order valence-corrected chi connectivity index (χ1v) is 14.4. The molecule has 1 saturated carbocycles. The summed E-state index contributed by atoms with van der Waals surface area (Å²) < 4.78 is 1.50. The van der Waals surface area contributed by atoms with Crippen LogP contribution in [0.2, 0.25) is 10.2 Å². The molecular weight excluding hydrogens is 579 g/mol. The van der Waals surface area contributed by atoms with E-state index in [1.54, 1.807) is 65.6 Å². The monoisotopic (exact) mass is 606 g/mol. The highest BCUT2D eigenvalue weighted by atomic mass is 35.5. The average Bonchev–Trinajstić information content (AvgIpc) is 3.67. The molecule has 2 aliphatic rings. The quantitative estimate of drug-likeness (QED) is 0.145. The maximum absolute atomic E-state index is 13.8. The van der Waals surface area contributed by atoms with Gasteiger partial charge in [-0.2, -0.15) is 5.10 Å². The Morgan fingerprint density at radius 3 is 2.64 bits per heavy atom. The van der Waals surface area contributed by atoms with Crippen LogP contribution < -0.4 is 10.6 Å². The van der Waals surface area contributed by atoms with E-state index in [0.717, 1.165) is 19.3 Å². The largest absolute Gasteiger partial charge is 0.369 e. The third kappa shape index (κ3) is 5.33. The number of ketones is 1. The van der Waals surface area contributed by atoms with Crippen LogP contribution in [0.4, 0.5) is 11.5 Å². The van der Waals surface area contributed by atoms with Crippen LogP contribution in [0.1, 0.15) is 48.5 Å². The van der Waals surface area contributed by atoms with Gasteiger partial charge in [0.1, 0.15) is 29.3 Å². The number of pyridine rings is 1. The van der Waals surface area contributed by atoms with Gasteiger partial charge in [-0.1, -0.05) is 47.5 Å². The minimum absolute atomic E-state index is 0.0400. The highest BCUT2D eigenvalue weighted by molar-refractivity contribution is 6.31. The molecular formula is C30H28Cl2N6O4. The zero-order valence-electron chi connectivity index (χ0n) is 22.6. The summed E-state index contributed by atoms with van der Waals surface area (Å²) >= 11 is 12.2. The van der Waals surface area contributed by atoms with E-state index < -0.39 is 12.3 Å². The lowest BCUT2D eigenvalue weighted by Gasteiger charge is -2.34. The summed E-state index contributed by atoms with van der Waals surface area (Å²) in [5.74, 6) is -0.430. The molecule has 0 radical (unpaired) electrons. The van der Waals surface area contributed by atoms with Crippen molar-refractivity contribution in [1.82, 2.24) is 19.7 Å². The van der Waals surface area contributed by atoms with Gasteiger partial charge in [0.05, 0.1) is 5.52 Å². The number of halogens is 2. The SMILES string of the molecule is CC(=O)c1nn(CC(=O)N2[C@@H]3CC[C@@H](C3)[C@H]2C(=O)Nc2cccc(Cl)n2)c2ccc(NC(O)c3ccccc3Cl)cc12. The van der Waals surface area contributed by atoms with Crippen LogP contribution in [0.5, 0.6) is 0 Å². The van der Waals surface area contributed by atoms with Gasteiger partial charge in [-0.3, -0.25) is 19.1 Å². The summed E-state index contributed by atoms with van der Waals surface area (Å²) in [6.45, 7) is 1.28. The Morgan fingerprint density at radius 2 is 1.88 bits per heavy atom. The van der Waals surface area contributed by atoms with Gasteiger partial charge in [0.15, 0.2) is 12.0 Å². The summed E-state index contributed by atoms with van der Waals surface area (Å²) in [5.41, 5.74) is 1.85. The zero-order chi connectivity index (χ0) is 29.5. The molecule has 1 saturated heterocycles. The van der Waals surface area contributed by atoms with E-state index in [1.165, 1.54) is 11.6 Å². The average molecular weight is 607 g/mol. The second-order valence-electron chi connectivity index (χ2n) is 10.7. The standard InChI is InChI=1S/C30H28Cl2N6O4/c1-16(39)27-21-14-18(33-29(41)20-5-2-3-6-22(20)31)10-12-23(21)37(36-27)15-26(40)38-19-11-9-17(13-19)28(38)30(42)35-25-8-4-7-24(32)34-25/h2-8,10,12,14,17,19,28-29,33,41H,9,11,13,15H2,1H3,(H,34,35,42)/t17-,19+,28-,29?/m0/s1. The van der Waals surface area contributed by atoms with Gasteiger partial charge >= 0.3 is 0 Å². The molecule has 4 aromatic rings. The number of benzene rings is 2. The zero-order valence-corrected chi connectivity index (χ0v) is 24.1. The molecule has 42 heavy (non-hydrogen) atoms. The molecule has 10 nitrogen and oxygen atoms in total. The van der Waals surface area contributed by atoms with Gasteiger partial charge < -0.3 is 20.6 Å². The van der Waals surface area contributed by atoms with Crippen LogP contribution in [-0.4, -0.2) is 54.5 Å². The van der Waals surface area contributed by atoms with Gasteiger partial charge in [-0.15, -0.1) is 0 Å². The smallest absolute Gasteiger partial charge is 0.248 e. The number of carbonyl (C=O) groups excluding carboxylic acids is 3. The Bertz CT molecular complexity index is 1710. The van der Waals surface area contributed by atoms with Crippen molar-refractivity contribution in [2.75, 3.05) is 10.6 Å². The summed E-state index contributed by atoms with van der Waals surface area (Å²) in [7, 11) is 0. The van der Waals surface area contributed by atoms with Gasteiger partial charge in [-0.25, -0.2) is 4.98 Å². The van der Waals surface area contributed by atoms with E-state index in [0.29, 0.717) is 33.0 Å². The first kappa shape index (κ1) is 28.1. The Labute approximate surface area is 251 Å². The number of nitrogens with zero attached hydrogens (tertiary/aromatic N) is 4. The van der Waals surface area contributed by atoms with Crippen molar-refractivity contribution in [3.05, 3.63) is 82.1 Å². The number of anilines is 2. The van der Waals surface area contributed by atoms with Crippen molar-refractivity contribution >= 4 is 63.2 Å². The lowest BCUT2D eigenvalue weighted by atomic mass is 9.97. The summed E-state index contributed by atoms with van der Waals surface area (Å²) in [4.78, 5) is 45.4. The fraction of sp³-hybridized carbons (Fsp3) is 0.300. The molecule has 2 amide bonds. The number of carbonyl (C=O) groups is 3. The number of hydrogen-bond acceptors (Lipinski definition) is 7. The predicted octanol–water partition coefficient (Wildman–Crippen LogP) is 5.06. The van der Waals surface area contributed by atoms with Crippen molar-refractivity contribution < 1.29 is 19.5 Å². The lowest BCUT2D eigenvalue weighted by molar-refractivity contribution is -0.141. The molecule has 12 heteroatoms. The third-order valence-corrected chi connectivity index (χ3v) is 8.53. The maximum atomic E-state index is 13.8. The molecule has 2 aromatic carbocycles. The van der Waals surface area contributed by atoms with E-state index in [2.05, 4.69) is 20.7 Å². The van der Waals surface area contributed by atoms with Crippen LogP contribution in [-0.2, 0) is 16.1 Å². The van der Waals surface area contributed by atoms with E-state index in [4.69, 9.17) is 23.2 Å². The summed E-state index contributed by atoms with van der Waals surface area (Å²) in [6, 6.07) is 16.4. The van der Waals surface area contributed by atoms with E-state index >= 15 is 0 Å². The molecule has 0 spiro atoms. The maximum Gasteiger partial charge on any atom is 0.248 e. The van der Waals surface area contributed by atoms with Crippen molar-refractivity contribution in [2.24, 2.45) is 5.92 Å². The number of piperidine rings is 1. The van der Waals surface area contributed by atoms with Gasteiger partial charge in [0.25, 0.3) is 0 Å². The van der Waals surface area contributed by atoms with E-state index in [9.17, 15) is 19.5 Å². The fourth-order valence-corrected chi connectivity index (χ4v) is 6.56. The molecule has 1 aliphatic heterocycles. The number of aliphatic hydroxyl groups is 1. The first-order valence-electron chi connectivity index (χ1n) is 13.6. The van der Waals surface area contributed by atoms with Crippen LogP contribution in [0, 0.1) is 5.92 Å². The lowest BCUT2D eigenvalue weighted by Crippen LogP contribution is -2.52. The molecule has 3 N–H and O–H groups in total. The number of aliphatic hydroxyl groups excluding tert-OH is 1. The highest BCUT2D eigenvalue weighted by Crippen LogP contribution is 2.43. The van der Waals surface area contributed by atoms with Crippen LogP contribution in [0.25, 0.3) is 10.9 Å². The van der Waals surface area contributed by atoms with Crippen molar-refractivity contribution in [2.45, 2.75) is 51.0 Å². The summed E-state index contributed by atoms with van der Waals surface area (Å²) in [6.07, 6.45) is 1.37. The first-order chi connectivity index (χ1) is 20.2. The van der Waals surface area contributed by atoms with Gasteiger partial charge in [0.2, 0.25) is 11.8 Å². The molecule has 2 aromatic heterocycles. The van der Waals surface area contributed by atoms with E-state index in [-0.39, 0.29) is 46.9 Å². The number of rotatable bonds is 8. The number of likely N-dealkylation sites (tertiary alicyclic amines) is 1. The molecule has 2 bridgehead atoms. The second-order valence-corrected chi connectivity index (χ2v) is 11.5. The predicted molar refractivity (Wildman–Crippen MR) is 159 cm³/mol. The van der Waals surface area contributed by atoms with Gasteiger partial charge in [0, 0.05) is 34.6 Å². The molecule has 3 heterocycles. The highest BCUT2D eigenvalue weighted by Gasteiger charge is 2.51. The topological polar surface area (TPSA) is 129 Å². The molecule has 216 valence electrons. The number of amides is 2. The van der Waals surface area contributed by atoms with Gasteiger partial charge in [-0.05, 0) is 61.6 Å². The molecule has 4 atom stereocenters. The van der Waals surface area contributed by atoms with Crippen LogP contribution >= 0.6 is 23.2 Å². The third-order valence-electron chi connectivity index (χ3n) is 7.98. The number of nitrogens with one attached hydrogen (secondary N) is 2. The number of hydrogen-bond donors (Lipinski definition) is 3. The van der Waals surface area contributed by atoms with Crippen LogP contribution in [0.15, 0.2) is 60.7 Å². The molecule has 1 aliphatic carbocycles. The Morgan fingerprint density at radius 1 is 1.07 bits per heavy atom. The Balaban J connectivity index is 1.24. The molecule has 6 rings (SSSR count). The minimum Gasteiger partial charge on any atom is -0.369 e. The van der Waals surface area contributed by atoms with E-state index in [1.807, 2.05) is 0 Å². The van der Waals surface area contributed by atoms with Crippen molar-refractivity contribution in [3.63, 3.8) is 0 Å². The molecule has 2 fully saturated rings. The fourth-order valence-electron chi connectivity index (χ4n) is 6.15. The Hall–Kier alpha value is -3.99. The van der Waals surface area contributed by atoms with Crippen molar-refractivity contribution in [3.8, 4) is 0 Å².